The van der Waals surface area contributed by atoms with Crippen molar-refractivity contribution in [2.24, 2.45) is 35.3 Å². The zero-order chi connectivity index (χ0) is 12.9. The van der Waals surface area contributed by atoms with Gasteiger partial charge in [-0.15, -0.1) is 0 Å². The summed E-state index contributed by atoms with van der Waals surface area (Å²) < 4.78 is 25.7. The second-order valence-corrected chi connectivity index (χ2v) is 8.52. The maximum Gasteiger partial charge on any atom is 0.209 e. The lowest BCUT2D eigenvalue weighted by Gasteiger charge is -2.56. The molecule has 4 nitrogen and oxygen atoms in total. The Morgan fingerprint density at radius 2 is 1.61 bits per heavy atom. The van der Waals surface area contributed by atoms with Crippen molar-refractivity contribution in [3.05, 3.63) is 0 Å². The zero-order valence-corrected chi connectivity index (χ0v) is 11.8. The average Bonchev–Trinajstić information content (AvgIpc) is 2.24. The standard InChI is InChI=1S/C13H24N2O2S/c1-18(16,17)15-12(7-14)13-10-3-8-2-9(5-10)6-11(13)4-8/h8-13,15H,2-7,14H2,1H3. The monoisotopic (exact) mass is 272 g/mol. The highest BCUT2D eigenvalue weighted by molar-refractivity contribution is 7.88. The number of nitrogens with one attached hydrogen (secondary N) is 1. The van der Waals surface area contributed by atoms with Crippen LogP contribution in [0.4, 0.5) is 0 Å². The smallest absolute Gasteiger partial charge is 0.209 e. The summed E-state index contributed by atoms with van der Waals surface area (Å²) in [5.74, 6) is 3.74. The molecule has 0 aromatic rings. The number of nitrogens with two attached hydrogens (primary N) is 1. The van der Waals surface area contributed by atoms with E-state index in [1.54, 1.807) is 0 Å². The lowest BCUT2D eigenvalue weighted by molar-refractivity contribution is -0.0475. The molecule has 0 amide bonds. The van der Waals surface area contributed by atoms with Gasteiger partial charge in [-0.05, 0) is 61.7 Å². The molecule has 18 heavy (non-hydrogen) atoms. The normalized spacial score (nSPS) is 44.2. The number of hydrogen-bond acceptors (Lipinski definition) is 3. The first-order valence-corrected chi connectivity index (χ1v) is 9.02. The van der Waals surface area contributed by atoms with E-state index >= 15 is 0 Å². The van der Waals surface area contributed by atoms with Gasteiger partial charge < -0.3 is 5.73 Å². The minimum absolute atomic E-state index is 0.0463. The van der Waals surface area contributed by atoms with Crippen molar-refractivity contribution in [2.45, 2.75) is 38.1 Å². The van der Waals surface area contributed by atoms with Crippen LogP contribution in [0.5, 0.6) is 0 Å². The van der Waals surface area contributed by atoms with E-state index in [4.69, 9.17) is 5.73 Å². The summed E-state index contributed by atoms with van der Waals surface area (Å²) in [6.45, 7) is 0.431. The van der Waals surface area contributed by atoms with Crippen LogP contribution in [-0.4, -0.2) is 27.3 Å². The van der Waals surface area contributed by atoms with Gasteiger partial charge in [0.1, 0.15) is 0 Å². The highest BCUT2D eigenvalue weighted by Gasteiger charge is 2.50. The lowest BCUT2D eigenvalue weighted by Crippen LogP contribution is -2.56. The van der Waals surface area contributed by atoms with Gasteiger partial charge in [0.25, 0.3) is 0 Å². The van der Waals surface area contributed by atoms with Crippen LogP contribution >= 0.6 is 0 Å². The summed E-state index contributed by atoms with van der Waals surface area (Å²) in [6, 6.07) is -0.0463. The van der Waals surface area contributed by atoms with Crippen molar-refractivity contribution in [1.29, 1.82) is 0 Å². The third-order valence-corrected chi connectivity index (χ3v) is 6.11. The van der Waals surface area contributed by atoms with E-state index < -0.39 is 10.0 Å². The van der Waals surface area contributed by atoms with Gasteiger partial charge in [0.05, 0.1) is 6.26 Å². The van der Waals surface area contributed by atoms with Crippen molar-refractivity contribution >= 4 is 10.0 Å². The van der Waals surface area contributed by atoms with Gasteiger partial charge in [-0.25, -0.2) is 13.1 Å². The van der Waals surface area contributed by atoms with Crippen molar-refractivity contribution < 1.29 is 8.42 Å². The molecule has 5 heteroatoms. The second kappa shape index (κ2) is 4.46. The number of rotatable bonds is 4. The molecule has 0 radical (unpaired) electrons. The van der Waals surface area contributed by atoms with Gasteiger partial charge in [0, 0.05) is 12.6 Å². The minimum atomic E-state index is -3.15. The van der Waals surface area contributed by atoms with Crippen LogP contribution in [0.2, 0.25) is 0 Å². The van der Waals surface area contributed by atoms with Gasteiger partial charge in [-0.3, -0.25) is 0 Å². The molecule has 3 N–H and O–H groups in total. The Morgan fingerprint density at radius 1 is 1.11 bits per heavy atom. The van der Waals surface area contributed by atoms with E-state index in [1.807, 2.05) is 0 Å². The maximum atomic E-state index is 11.5. The van der Waals surface area contributed by atoms with Crippen LogP contribution in [0.1, 0.15) is 32.1 Å². The molecule has 1 atom stereocenters. The van der Waals surface area contributed by atoms with Crippen molar-refractivity contribution in [3.63, 3.8) is 0 Å². The molecule has 4 saturated carbocycles. The molecule has 4 bridgehead atoms. The van der Waals surface area contributed by atoms with Gasteiger partial charge in [0.2, 0.25) is 10.0 Å². The molecule has 104 valence electrons. The summed E-state index contributed by atoms with van der Waals surface area (Å²) in [6.07, 6.45) is 7.89. The topological polar surface area (TPSA) is 72.2 Å². The van der Waals surface area contributed by atoms with Gasteiger partial charge in [-0.2, -0.15) is 0 Å². The van der Waals surface area contributed by atoms with Crippen LogP contribution in [-0.2, 0) is 10.0 Å². The fraction of sp³-hybridized carbons (Fsp3) is 1.00. The highest BCUT2D eigenvalue weighted by Crippen LogP contribution is 2.57. The van der Waals surface area contributed by atoms with Crippen LogP contribution in [0.25, 0.3) is 0 Å². The molecule has 4 aliphatic carbocycles. The summed E-state index contributed by atoms with van der Waals surface area (Å²) >= 11 is 0. The van der Waals surface area contributed by atoms with E-state index in [0.717, 1.165) is 11.8 Å². The molecule has 0 aromatic carbocycles. The predicted molar refractivity (Wildman–Crippen MR) is 71.4 cm³/mol. The Labute approximate surface area is 110 Å². The Balaban J connectivity index is 1.78. The van der Waals surface area contributed by atoms with E-state index in [2.05, 4.69) is 4.72 Å². The fourth-order valence-electron chi connectivity index (χ4n) is 5.18. The summed E-state index contributed by atoms with van der Waals surface area (Å²) in [5.41, 5.74) is 5.83. The minimum Gasteiger partial charge on any atom is -0.329 e. The Kier molecular flexibility index (Phi) is 3.19. The first-order valence-electron chi connectivity index (χ1n) is 7.13. The Bertz CT molecular complexity index is 393. The van der Waals surface area contributed by atoms with E-state index in [1.165, 1.54) is 38.4 Å². The predicted octanol–water partition coefficient (Wildman–Crippen LogP) is 0.935. The van der Waals surface area contributed by atoms with Gasteiger partial charge in [0.15, 0.2) is 0 Å². The summed E-state index contributed by atoms with van der Waals surface area (Å²) in [7, 11) is -3.15. The molecule has 4 fully saturated rings. The summed E-state index contributed by atoms with van der Waals surface area (Å²) in [5, 5.41) is 0. The SMILES string of the molecule is CS(=O)(=O)NC(CN)C1C2CC3CC(C2)CC1C3. The largest absolute Gasteiger partial charge is 0.329 e. The second-order valence-electron chi connectivity index (χ2n) is 6.74. The molecule has 1 unspecified atom stereocenters. The van der Waals surface area contributed by atoms with E-state index in [0.29, 0.717) is 24.3 Å². The molecular weight excluding hydrogens is 248 g/mol. The maximum absolute atomic E-state index is 11.5. The molecule has 0 aromatic heterocycles. The van der Waals surface area contributed by atoms with Crippen molar-refractivity contribution in [2.75, 3.05) is 12.8 Å². The molecule has 0 saturated heterocycles. The molecule has 0 aliphatic heterocycles. The molecule has 4 rings (SSSR count). The van der Waals surface area contributed by atoms with E-state index in [-0.39, 0.29) is 6.04 Å². The Hall–Kier alpha value is -0.130. The first kappa shape index (κ1) is 12.9. The molecule has 0 spiro atoms. The zero-order valence-electron chi connectivity index (χ0n) is 11.0. The number of sulfonamides is 1. The third kappa shape index (κ3) is 2.32. The molecular formula is C13H24N2O2S. The Morgan fingerprint density at radius 3 is 2.00 bits per heavy atom. The van der Waals surface area contributed by atoms with Crippen LogP contribution in [0.3, 0.4) is 0 Å². The molecule has 4 aliphatic rings. The van der Waals surface area contributed by atoms with Crippen LogP contribution in [0.15, 0.2) is 0 Å². The van der Waals surface area contributed by atoms with Crippen LogP contribution in [0, 0.1) is 29.6 Å². The average molecular weight is 272 g/mol. The van der Waals surface area contributed by atoms with Crippen molar-refractivity contribution in [3.8, 4) is 0 Å². The quantitative estimate of drug-likeness (QED) is 0.800. The lowest BCUT2D eigenvalue weighted by atomic mass is 9.50. The van der Waals surface area contributed by atoms with Crippen LogP contribution < -0.4 is 10.5 Å². The van der Waals surface area contributed by atoms with Gasteiger partial charge >= 0.3 is 0 Å². The first-order chi connectivity index (χ1) is 8.46. The molecule has 0 heterocycles. The van der Waals surface area contributed by atoms with E-state index in [9.17, 15) is 8.42 Å². The summed E-state index contributed by atoms with van der Waals surface area (Å²) in [4.78, 5) is 0. The highest BCUT2D eigenvalue weighted by atomic mass is 32.2. The fourth-order valence-corrected chi connectivity index (χ4v) is 5.99. The third-order valence-electron chi connectivity index (χ3n) is 5.38. The van der Waals surface area contributed by atoms with Crippen molar-refractivity contribution in [1.82, 2.24) is 4.72 Å². The van der Waals surface area contributed by atoms with Gasteiger partial charge in [-0.1, -0.05) is 0 Å². The number of hydrogen-bond donors (Lipinski definition) is 2.